The fourth-order valence-electron chi connectivity index (χ4n) is 1.27. The van der Waals surface area contributed by atoms with Crippen LogP contribution in [0.3, 0.4) is 0 Å². The fraction of sp³-hybridized carbons (Fsp3) is 1.00. The van der Waals surface area contributed by atoms with E-state index >= 15 is 0 Å². The van der Waals surface area contributed by atoms with Crippen LogP contribution in [-0.2, 0) is 4.74 Å². The maximum atomic E-state index is 9.27. The van der Waals surface area contributed by atoms with Gasteiger partial charge in [-0.1, -0.05) is 20.8 Å². The van der Waals surface area contributed by atoms with Crippen LogP contribution in [0.2, 0.25) is 0 Å². The van der Waals surface area contributed by atoms with Gasteiger partial charge >= 0.3 is 0 Å². The molecular weight excluding hydrogens is 172 g/mol. The molecule has 0 aliphatic carbocycles. The third kappa shape index (κ3) is 3.60. The van der Waals surface area contributed by atoms with E-state index in [1.807, 2.05) is 20.8 Å². The van der Waals surface area contributed by atoms with Crippen molar-refractivity contribution >= 4 is 0 Å². The number of hydrogen-bond acceptors (Lipinski definition) is 4. The van der Waals surface area contributed by atoms with Crippen LogP contribution in [0.4, 0.5) is 0 Å². The lowest BCUT2D eigenvalue weighted by Gasteiger charge is -2.34. The molecule has 0 saturated carbocycles. The second kappa shape index (κ2) is 6.32. The predicted octanol–water partition coefficient (Wildman–Crippen LogP) is 0.252. The lowest BCUT2D eigenvalue weighted by molar-refractivity contribution is -0.232. The summed E-state index contributed by atoms with van der Waals surface area (Å²) in [5.41, 5.74) is 0. The topological polar surface area (TPSA) is 69.9 Å². The van der Waals surface area contributed by atoms with Gasteiger partial charge in [-0.3, -0.25) is 0 Å². The second-order valence-corrected chi connectivity index (χ2v) is 2.83. The maximum absolute atomic E-state index is 9.27. The number of rotatable bonds is 1. The number of aliphatic hydroxyl groups excluding tert-OH is 3. The first-order chi connectivity index (χ1) is 6.15. The molecule has 1 heterocycles. The highest BCUT2D eigenvalue weighted by Gasteiger charge is 2.34. The Balaban J connectivity index is 0.000000671. The molecule has 1 rings (SSSR count). The first-order valence-corrected chi connectivity index (χ1v) is 4.84. The monoisotopic (exact) mass is 192 g/mol. The standard InChI is InChI=1S/C7H14O4.C2H6/c1-2-5-7(10)4(8)3-6(9)11-5;1-2/h4-10H,2-3H2,1H3;1-2H3/t4-,5?,6?,7?;/m1./s1. The van der Waals surface area contributed by atoms with Crippen LogP contribution in [0.1, 0.15) is 33.6 Å². The summed E-state index contributed by atoms with van der Waals surface area (Å²) in [5.74, 6) is 0. The maximum Gasteiger partial charge on any atom is 0.157 e. The molecule has 0 aromatic carbocycles. The van der Waals surface area contributed by atoms with E-state index in [0.717, 1.165) is 0 Å². The van der Waals surface area contributed by atoms with Crippen molar-refractivity contribution in [2.45, 2.75) is 58.2 Å². The van der Waals surface area contributed by atoms with Gasteiger partial charge in [-0.2, -0.15) is 0 Å². The van der Waals surface area contributed by atoms with Crippen LogP contribution in [-0.4, -0.2) is 39.9 Å². The quantitative estimate of drug-likeness (QED) is 0.557. The van der Waals surface area contributed by atoms with Gasteiger partial charge in [0.2, 0.25) is 0 Å². The highest BCUT2D eigenvalue weighted by atomic mass is 16.6. The molecule has 0 aromatic rings. The summed E-state index contributed by atoms with van der Waals surface area (Å²) in [6.45, 7) is 5.83. The third-order valence-electron chi connectivity index (χ3n) is 1.95. The van der Waals surface area contributed by atoms with Crippen molar-refractivity contribution in [2.75, 3.05) is 0 Å². The first-order valence-electron chi connectivity index (χ1n) is 4.84. The lowest BCUT2D eigenvalue weighted by atomic mass is 10.00. The summed E-state index contributed by atoms with van der Waals surface area (Å²) in [5, 5.41) is 27.4. The molecule has 1 aliphatic rings. The summed E-state index contributed by atoms with van der Waals surface area (Å²) < 4.78 is 4.96. The first kappa shape index (κ1) is 12.8. The van der Waals surface area contributed by atoms with Crippen LogP contribution in [0.15, 0.2) is 0 Å². The minimum atomic E-state index is -0.932. The summed E-state index contributed by atoms with van der Waals surface area (Å²) in [7, 11) is 0. The summed E-state index contributed by atoms with van der Waals surface area (Å²) in [6, 6.07) is 0. The molecule has 1 saturated heterocycles. The minimum Gasteiger partial charge on any atom is -0.390 e. The molecule has 13 heavy (non-hydrogen) atoms. The van der Waals surface area contributed by atoms with Gasteiger partial charge in [0.15, 0.2) is 6.29 Å². The van der Waals surface area contributed by atoms with E-state index in [2.05, 4.69) is 0 Å². The molecule has 3 N–H and O–H groups in total. The second-order valence-electron chi connectivity index (χ2n) is 2.83. The average Bonchev–Trinajstić information content (AvgIpc) is 2.14. The van der Waals surface area contributed by atoms with Crippen LogP contribution in [0.25, 0.3) is 0 Å². The number of ether oxygens (including phenoxy) is 1. The molecule has 80 valence electrons. The zero-order valence-corrected chi connectivity index (χ0v) is 8.47. The highest BCUT2D eigenvalue weighted by Crippen LogP contribution is 2.20. The van der Waals surface area contributed by atoms with Gasteiger partial charge in [-0.15, -0.1) is 0 Å². The Kier molecular flexibility index (Phi) is 6.24. The van der Waals surface area contributed by atoms with E-state index in [1.54, 1.807) is 0 Å². The molecule has 1 fully saturated rings. The fourth-order valence-corrected chi connectivity index (χ4v) is 1.27. The van der Waals surface area contributed by atoms with Crippen LogP contribution >= 0.6 is 0 Å². The lowest BCUT2D eigenvalue weighted by Crippen LogP contribution is -2.47. The average molecular weight is 192 g/mol. The minimum absolute atomic E-state index is 0.0949. The molecule has 4 heteroatoms. The van der Waals surface area contributed by atoms with E-state index in [9.17, 15) is 5.11 Å². The Morgan fingerprint density at radius 1 is 1.23 bits per heavy atom. The summed E-state index contributed by atoms with van der Waals surface area (Å²) in [4.78, 5) is 0. The van der Waals surface area contributed by atoms with Crippen molar-refractivity contribution in [3.05, 3.63) is 0 Å². The zero-order chi connectivity index (χ0) is 10.4. The highest BCUT2D eigenvalue weighted by molar-refractivity contribution is 4.81. The molecule has 4 nitrogen and oxygen atoms in total. The zero-order valence-electron chi connectivity index (χ0n) is 8.47. The summed E-state index contributed by atoms with van der Waals surface area (Å²) >= 11 is 0. The molecule has 0 bridgehead atoms. The molecule has 0 radical (unpaired) electrons. The smallest absolute Gasteiger partial charge is 0.157 e. The summed E-state index contributed by atoms with van der Waals surface area (Å²) in [6.07, 6.45) is -2.40. The van der Waals surface area contributed by atoms with E-state index in [1.165, 1.54) is 0 Å². The van der Waals surface area contributed by atoms with E-state index in [4.69, 9.17) is 14.9 Å². The van der Waals surface area contributed by atoms with Crippen molar-refractivity contribution in [1.82, 2.24) is 0 Å². The Morgan fingerprint density at radius 2 is 1.77 bits per heavy atom. The van der Waals surface area contributed by atoms with Gasteiger partial charge in [-0.25, -0.2) is 0 Å². The normalized spacial score (nSPS) is 39.2. The van der Waals surface area contributed by atoms with E-state index in [-0.39, 0.29) is 6.42 Å². The SMILES string of the molecule is CC.CCC1OC(O)C[C@@H](O)C1O. The number of aliphatic hydroxyl groups is 3. The molecule has 4 atom stereocenters. The Hall–Kier alpha value is -0.160. The Labute approximate surface area is 79.2 Å². The van der Waals surface area contributed by atoms with E-state index < -0.39 is 24.6 Å². The largest absolute Gasteiger partial charge is 0.390 e. The van der Waals surface area contributed by atoms with Crippen LogP contribution in [0.5, 0.6) is 0 Å². The molecule has 0 amide bonds. The van der Waals surface area contributed by atoms with Gasteiger partial charge in [0.25, 0.3) is 0 Å². The van der Waals surface area contributed by atoms with Gasteiger partial charge in [0.05, 0.1) is 12.2 Å². The molecule has 1 aliphatic heterocycles. The van der Waals surface area contributed by atoms with Crippen molar-refractivity contribution < 1.29 is 20.1 Å². The van der Waals surface area contributed by atoms with Gasteiger partial charge < -0.3 is 20.1 Å². The Morgan fingerprint density at radius 3 is 2.23 bits per heavy atom. The van der Waals surface area contributed by atoms with Gasteiger partial charge in [0, 0.05) is 6.42 Å². The van der Waals surface area contributed by atoms with Crippen molar-refractivity contribution in [2.24, 2.45) is 0 Å². The third-order valence-corrected chi connectivity index (χ3v) is 1.95. The predicted molar refractivity (Wildman–Crippen MR) is 49.1 cm³/mol. The number of hydrogen-bond donors (Lipinski definition) is 3. The molecule has 0 spiro atoms. The van der Waals surface area contributed by atoms with Crippen LogP contribution in [0, 0.1) is 0 Å². The Bertz CT molecular complexity index is 129. The van der Waals surface area contributed by atoms with E-state index in [0.29, 0.717) is 6.42 Å². The van der Waals surface area contributed by atoms with Crippen molar-refractivity contribution in [1.29, 1.82) is 0 Å². The van der Waals surface area contributed by atoms with Crippen molar-refractivity contribution in [3.63, 3.8) is 0 Å². The molecule has 3 unspecified atom stereocenters. The van der Waals surface area contributed by atoms with Gasteiger partial charge in [-0.05, 0) is 6.42 Å². The van der Waals surface area contributed by atoms with Crippen molar-refractivity contribution in [3.8, 4) is 0 Å². The van der Waals surface area contributed by atoms with Gasteiger partial charge in [0.1, 0.15) is 6.10 Å². The molecule has 0 aromatic heterocycles. The van der Waals surface area contributed by atoms with Crippen LogP contribution < -0.4 is 0 Å². The molecular formula is C9H20O4.